The highest BCUT2D eigenvalue weighted by molar-refractivity contribution is 7.94. The fraction of sp³-hybridized carbons (Fsp3) is 0.400. The van der Waals surface area contributed by atoms with E-state index in [9.17, 15) is 9.59 Å². The molecule has 0 aromatic heterocycles. The summed E-state index contributed by atoms with van der Waals surface area (Å²) in [6.45, 7) is 4.20. The maximum absolute atomic E-state index is 12.0. The first kappa shape index (κ1) is 19.0. The lowest BCUT2D eigenvalue weighted by atomic mass is 10.1. The fourth-order valence-corrected chi connectivity index (χ4v) is 3.09. The maximum atomic E-state index is 12.0. The molecule has 25 heavy (non-hydrogen) atoms. The van der Waals surface area contributed by atoms with Crippen molar-refractivity contribution < 1.29 is 18.8 Å². The van der Waals surface area contributed by atoms with Crippen molar-refractivity contribution in [2.75, 3.05) is 38.2 Å². The van der Waals surface area contributed by atoms with Gasteiger partial charge in [-0.2, -0.15) is 9.33 Å². The van der Waals surface area contributed by atoms with E-state index in [0.717, 1.165) is 17.7 Å². The number of carbonyl (C=O) groups is 2. The monoisotopic (exact) mass is 367 g/mol. The third-order valence-electron chi connectivity index (χ3n) is 3.69. The Bertz CT molecular complexity index is 670. The molecular weight excluding hydrogens is 346 g/mol. The molecule has 1 aliphatic rings. The number of hydrogen-bond donors (Lipinski definition) is 2. The largest absolute Gasteiger partial charge is 0.370 e. The highest BCUT2D eigenvalue weighted by Gasteiger charge is 2.22. The van der Waals surface area contributed by atoms with E-state index in [1.807, 2.05) is 0 Å². The summed E-state index contributed by atoms with van der Waals surface area (Å²) < 4.78 is 4.96. The lowest BCUT2D eigenvalue weighted by molar-refractivity contribution is -0.160. The van der Waals surface area contributed by atoms with Crippen LogP contribution >= 0.6 is 12.0 Å². The van der Waals surface area contributed by atoms with Gasteiger partial charge in [0.15, 0.2) is 5.96 Å². The smallest absolute Gasteiger partial charge is 0.280 e. The molecule has 10 heteroatoms. The van der Waals surface area contributed by atoms with Crippen LogP contribution in [0.1, 0.15) is 17.3 Å². The molecule has 1 fully saturated rings. The number of guanidine groups is 1. The van der Waals surface area contributed by atoms with Crippen LogP contribution < -0.4 is 16.4 Å². The summed E-state index contributed by atoms with van der Waals surface area (Å²) in [5.41, 5.74) is 11.7. The number of nitrogens with zero attached hydrogens (tertiary/aromatic N) is 3. The summed E-state index contributed by atoms with van der Waals surface area (Å²) in [5, 5.41) is 0. The van der Waals surface area contributed by atoms with Crippen LogP contribution in [0, 0.1) is 0 Å². The predicted octanol–water partition coefficient (Wildman–Crippen LogP) is 0.354. The highest BCUT2D eigenvalue weighted by atomic mass is 32.2. The molecule has 1 aliphatic heterocycles. The van der Waals surface area contributed by atoms with Crippen LogP contribution in [0.3, 0.4) is 0 Å². The van der Waals surface area contributed by atoms with Gasteiger partial charge in [0, 0.05) is 38.7 Å². The summed E-state index contributed by atoms with van der Waals surface area (Å²) in [5.74, 6) is -0.765. The normalized spacial score (nSPS) is 14.3. The molecule has 1 saturated heterocycles. The van der Waals surface area contributed by atoms with Crippen LogP contribution in [0.2, 0.25) is 0 Å². The van der Waals surface area contributed by atoms with Gasteiger partial charge in [-0.25, -0.2) is 4.89 Å². The van der Waals surface area contributed by atoms with Gasteiger partial charge in [0.1, 0.15) is 0 Å². The molecule has 1 aromatic carbocycles. The molecule has 1 aromatic rings. The Morgan fingerprint density at radius 1 is 1.20 bits per heavy atom. The minimum absolute atomic E-state index is 0.0649. The summed E-state index contributed by atoms with van der Waals surface area (Å²) in [6.07, 6.45) is 0. The van der Waals surface area contributed by atoms with E-state index in [-0.39, 0.29) is 11.9 Å². The SMILES string of the molecule is COOSc1cc(C(=O)N=C(N)N)ccc1N1CCN(C(C)=O)CC1. The van der Waals surface area contributed by atoms with E-state index in [1.165, 1.54) is 7.11 Å². The first-order chi connectivity index (χ1) is 11.9. The average Bonchev–Trinajstić information content (AvgIpc) is 2.59. The lowest BCUT2D eigenvalue weighted by Crippen LogP contribution is -2.48. The standard InChI is InChI=1S/C15H21N5O4S/c1-10(21)19-5-7-20(8-6-19)12-4-3-11(14(22)18-15(16)17)9-13(12)25-24-23-2/h3-4,9H,5-8H2,1-2H3,(H4,16,17,18,22). The number of hydrogen-bond acceptors (Lipinski definition) is 6. The van der Waals surface area contributed by atoms with Gasteiger partial charge in [0.2, 0.25) is 5.91 Å². The summed E-state index contributed by atoms with van der Waals surface area (Å²) >= 11 is 0.991. The number of benzene rings is 1. The number of rotatable bonds is 5. The molecule has 1 heterocycles. The molecular formula is C15H21N5O4S. The Labute approximate surface area is 150 Å². The number of carbonyl (C=O) groups excluding carboxylic acids is 2. The van der Waals surface area contributed by atoms with Crippen molar-refractivity contribution in [3.05, 3.63) is 23.8 Å². The maximum Gasteiger partial charge on any atom is 0.280 e. The van der Waals surface area contributed by atoms with Gasteiger partial charge in [0.25, 0.3) is 5.91 Å². The van der Waals surface area contributed by atoms with Crippen molar-refractivity contribution in [1.29, 1.82) is 0 Å². The minimum Gasteiger partial charge on any atom is -0.370 e. The van der Waals surface area contributed by atoms with Gasteiger partial charge in [-0.15, -0.1) is 0 Å². The topological polar surface area (TPSA) is 123 Å². The van der Waals surface area contributed by atoms with Crippen molar-refractivity contribution >= 4 is 35.5 Å². The average molecular weight is 367 g/mol. The highest BCUT2D eigenvalue weighted by Crippen LogP contribution is 2.33. The van der Waals surface area contributed by atoms with Crippen molar-refractivity contribution in [3.8, 4) is 0 Å². The molecule has 0 unspecified atom stereocenters. The van der Waals surface area contributed by atoms with Crippen molar-refractivity contribution in [3.63, 3.8) is 0 Å². The van der Waals surface area contributed by atoms with Crippen LogP contribution in [-0.4, -0.2) is 56.0 Å². The molecule has 0 atom stereocenters. The molecule has 0 saturated carbocycles. The lowest BCUT2D eigenvalue weighted by Gasteiger charge is -2.36. The second-order valence-corrected chi connectivity index (χ2v) is 6.08. The Balaban J connectivity index is 2.23. The number of nitrogens with two attached hydrogens (primary N) is 2. The zero-order valence-electron chi connectivity index (χ0n) is 14.1. The molecule has 0 aliphatic carbocycles. The minimum atomic E-state index is -0.535. The number of amides is 2. The van der Waals surface area contributed by atoms with E-state index >= 15 is 0 Å². The second kappa shape index (κ2) is 8.70. The molecule has 0 spiro atoms. The molecule has 4 N–H and O–H groups in total. The summed E-state index contributed by atoms with van der Waals surface area (Å²) in [4.78, 5) is 36.2. The summed E-state index contributed by atoms with van der Waals surface area (Å²) in [6, 6.07) is 5.10. The first-order valence-electron chi connectivity index (χ1n) is 7.58. The van der Waals surface area contributed by atoms with E-state index < -0.39 is 5.91 Å². The van der Waals surface area contributed by atoms with Crippen LogP contribution in [0.25, 0.3) is 0 Å². The third-order valence-corrected chi connectivity index (χ3v) is 4.41. The Kier molecular flexibility index (Phi) is 6.62. The van der Waals surface area contributed by atoms with Gasteiger partial charge >= 0.3 is 0 Å². The Morgan fingerprint density at radius 3 is 2.44 bits per heavy atom. The van der Waals surface area contributed by atoms with Gasteiger partial charge in [0.05, 0.1) is 29.7 Å². The molecule has 2 rings (SSSR count). The van der Waals surface area contributed by atoms with Crippen molar-refractivity contribution in [2.45, 2.75) is 11.8 Å². The Hall–Kier alpha value is -2.30. The zero-order valence-corrected chi connectivity index (χ0v) is 14.9. The number of anilines is 1. The van der Waals surface area contributed by atoms with Gasteiger partial charge in [-0.05, 0) is 18.2 Å². The van der Waals surface area contributed by atoms with Crippen LogP contribution in [0.4, 0.5) is 5.69 Å². The van der Waals surface area contributed by atoms with Crippen molar-refractivity contribution in [2.24, 2.45) is 16.5 Å². The van der Waals surface area contributed by atoms with Crippen molar-refractivity contribution in [1.82, 2.24) is 4.90 Å². The van der Waals surface area contributed by atoms with Gasteiger partial charge in [-0.1, -0.05) is 0 Å². The van der Waals surface area contributed by atoms with E-state index in [1.54, 1.807) is 30.0 Å². The number of piperazine rings is 1. The first-order valence-corrected chi connectivity index (χ1v) is 8.32. The Morgan fingerprint density at radius 2 is 1.88 bits per heavy atom. The van der Waals surface area contributed by atoms with Gasteiger partial charge < -0.3 is 21.3 Å². The predicted molar refractivity (Wildman–Crippen MR) is 95.0 cm³/mol. The quantitative estimate of drug-likeness (QED) is 0.251. The summed E-state index contributed by atoms with van der Waals surface area (Å²) in [7, 11) is 1.40. The number of aliphatic imine (C=N–C) groups is 1. The fourth-order valence-electron chi connectivity index (χ4n) is 2.49. The third kappa shape index (κ3) is 5.08. The van der Waals surface area contributed by atoms with Gasteiger partial charge in [-0.3, -0.25) is 9.59 Å². The van der Waals surface area contributed by atoms with Crippen LogP contribution in [-0.2, 0) is 14.0 Å². The van der Waals surface area contributed by atoms with E-state index in [0.29, 0.717) is 36.6 Å². The van der Waals surface area contributed by atoms with E-state index in [4.69, 9.17) is 15.8 Å². The van der Waals surface area contributed by atoms with Crippen LogP contribution in [0.5, 0.6) is 0 Å². The van der Waals surface area contributed by atoms with Crippen LogP contribution in [0.15, 0.2) is 28.1 Å². The molecule has 136 valence electrons. The van der Waals surface area contributed by atoms with E-state index in [2.05, 4.69) is 14.8 Å². The second-order valence-electron chi connectivity index (χ2n) is 5.34. The molecule has 0 bridgehead atoms. The molecule has 9 nitrogen and oxygen atoms in total. The molecule has 0 radical (unpaired) electrons. The molecule has 2 amide bonds. The zero-order chi connectivity index (χ0) is 18.4.